The highest BCUT2D eigenvalue weighted by atomic mass is 35.5. The van der Waals surface area contributed by atoms with E-state index in [2.05, 4.69) is 0 Å². The smallest absolute Gasteiger partial charge is 0.342 e. The van der Waals surface area contributed by atoms with Gasteiger partial charge < -0.3 is 16.2 Å². The van der Waals surface area contributed by atoms with Crippen molar-refractivity contribution in [1.29, 1.82) is 0 Å². The monoisotopic (exact) mass is 304 g/mol. The van der Waals surface area contributed by atoms with Gasteiger partial charge in [-0.15, -0.1) is 0 Å². The molecular weight excluding hydrogens is 292 g/mol. The third-order valence-corrected chi connectivity index (χ3v) is 3.21. The molecule has 0 heterocycles. The van der Waals surface area contributed by atoms with Gasteiger partial charge in [0.15, 0.2) is 0 Å². The molecule has 0 saturated heterocycles. The van der Waals surface area contributed by atoms with Gasteiger partial charge in [0, 0.05) is 16.8 Å². The summed E-state index contributed by atoms with van der Waals surface area (Å²) in [6, 6.07) is 11.4. The number of hydrogen-bond donors (Lipinski definition) is 2. The number of benzene rings is 2. The van der Waals surface area contributed by atoms with Gasteiger partial charge >= 0.3 is 5.97 Å². The second-order valence-electron chi connectivity index (χ2n) is 4.30. The quantitative estimate of drug-likeness (QED) is 0.669. The molecule has 6 heteroatoms. The molecule has 2 rings (SSSR count). The molecule has 0 aliphatic carbocycles. The van der Waals surface area contributed by atoms with Gasteiger partial charge in [-0.2, -0.15) is 0 Å². The number of anilines is 1. The average Bonchev–Trinajstić information content (AvgIpc) is 2.45. The van der Waals surface area contributed by atoms with E-state index in [1.165, 1.54) is 0 Å². The van der Waals surface area contributed by atoms with Crippen molar-refractivity contribution in [3.8, 4) is 0 Å². The van der Waals surface area contributed by atoms with Crippen LogP contribution in [0.4, 0.5) is 5.69 Å². The van der Waals surface area contributed by atoms with Crippen molar-refractivity contribution >= 4 is 29.2 Å². The SMILES string of the molecule is NC(=O)c1ccccc1COC(=O)c1c(N)cccc1Cl. The summed E-state index contributed by atoms with van der Waals surface area (Å²) >= 11 is 5.93. The molecule has 0 aromatic heterocycles. The van der Waals surface area contributed by atoms with E-state index in [4.69, 9.17) is 27.8 Å². The zero-order chi connectivity index (χ0) is 15.4. The highest BCUT2D eigenvalue weighted by Crippen LogP contribution is 2.23. The lowest BCUT2D eigenvalue weighted by atomic mass is 10.1. The van der Waals surface area contributed by atoms with Crippen molar-refractivity contribution in [2.45, 2.75) is 6.61 Å². The summed E-state index contributed by atoms with van der Waals surface area (Å²) in [7, 11) is 0. The van der Waals surface area contributed by atoms with Crippen molar-refractivity contribution < 1.29 is 14.3 Å². The summed E-state index contributed by atoms with van der Waals surface area (Å²) in [6.07, 6.45) is 0. The summed E-state index contributed by atoms with van der Waals surface area (Å²) in [6.45, 7) is -0.0946. The molecule has 0 spiro atoms. The number of primary amides is 1. The number of nitrogen functional groups attached to an aromatic ring is 1. The third kappa shape index (κ3) is 3.32. The number of carbonyl (C=O) groups is 2. The van der Waals surface area contributed by atoms with Crippen LogP contribution in [-0.2, 0) is 11.3 Å². The van der Waals surface area contributed by atoms with Crippen LogP contribution in [0.3, 0.4) is 0 Å². The van der Waals surface area contributed by atoms with Crippen LogP contribution in [-0.4, -0.2) is 11.9 Å². The largest absolute Gasteiger partial charge is 0.457 e. The lowest BCUT2D eigenvalue weighted by Gasteiger charge is -2.10. The van der Waals surface area contributed by atoms with E-state index in [0.717, 1.165) is 0 Å². The van der Waals surface area contributed by atoms with Gasteiger partial charge in [0.2, 0.25) is 5.91 Å². The number of rotatable bonds is 4. The Bertz CT molecular complexity index is 681. The summed E-state index contributed by atoms with van der Waals surface area (Å²) < 4.78 is 5.16. The minimum Gasteiger partial charge on any atom is -0.457 e. The van der Waals surface area contributed by atoms with Gasteiger partial charge in [-0.25, -0.2) is 4.79 Å². The molecule has 0 aliphatic rings. The Morgan fingerprint density at radius 3 is 2.48 bits per heavy atom. The van der Waals surface area contributed by atoms with Crippen molar-refractivity contribution in [3.05, 3.63) is 64.2 Å². The van der Waals surface area contributed by atoms with E-state index in [0.29, 0.717) is 11.1 Å². The van der Waals surface area contributed by atoms with Crippen LogP contribution < -0.4 is 11.5 Å². The highest BCUT2D eigenvalue weighted by molar-refractivity contribution is 6.34. The van der Waals surface area contributed by atoms with Crippen LogP contribution in [0.5, 0.6) is 0 Å². The van der Waals surface area contributed by atoms with Crippen LogP contribution in [0.25, 0.3) is 0 Å². The Kier molecular flexibility index (Phi) is 4.45. The number of ether oxygens (including phenoxy) is 1. The van der Waals surface area contributed by atoms with Crippen molar-refractivity contribution in [3.63, 3.8) is 0 Å². The van der Waals surface area contributed by atoms with E-state index >= 15 is 0 Å². The van der Waals surface area contributed by atoms with Crippen molar-refractivity contribution in [1.82, 2.24) is 0 Å². The van der Waals surface area contributed by atoms with E-state index in [1.807, 2.05) is 0 Å². The maximum atomic E-state index is 12.0. The molecule has 0 bridgehead atoms. The summed E-state index contributed by atoms with van der Waals surface area (Å²) in [5.41, 5.74) is 12.1. The van der Waals surface area contributed by atoms with Gasteiger partial charge in [-0.1, -0.05) is 35.9 Å². The van der Waals surface area contributed by atoms with E-state index in [-0.39, 0.29) is 22.9 Å². The van der Waals surface area contributed by atoms with Gasteiger partial charge in [0.1, 0.15) is 12.2 Å². The van der Waals surface area contributed by atoms with E-state index in [9.17, 15) is 9.59 Å². The molecule has 0 saturated carbocycles. The maximum absolute atomic E-state index is 12.0. The zero-order valence-electron chi connectivity index (χ0n) is 11.0. The second-order valence-corrected chi connectivity index (χ2v) is 4.71. The third-order valence-electron chi connectivity index (χ3n) is 2.89. The van der Waals surface area contributed by atoms with Gasteiger partial charge in [0.25, 0.3) is 0 Å². The number of esters is 1. The van der Waals surface area contributed by atoms with Crippen LogP contribution in [0, 0.1) is 0 Å². The first-order valence-corrected chi connectivity index (χ1v) is 6.47. The number of carbonyl (C=O) groups excluding carboxylic acids is 2. The lowest BCUT2D eigenvalue weighted by Crippen LogP contribution is -2.15. The van der Waals surface area contributed by atoms with E-state index in [1.54, 1.807) is 42.5 Å². The predicted octanol–water partition coefficient (Wildman–Crippen LogP) is 2.38. The number of halogens is 1. The molecule has 4 N–H and O–H groups in total. The Hall–Kier alpha value is -2.53. The number of hydrogen-bond acceptors (Lipinski definition) is 4. The van der Waals surface area contributed by atoms with E-state index < -0.39 is 11.9 Å². The standard InChI is InChI=1S/C15H13ClN2O3/c16-11-6-3-7-12(17)13(11)15(20)21-8-9-4-1-2-5-10(9)14(18)19/h1-7H,8,17H2,(H2,18,19). The Labute approximate surface area is 126 Å². The summed E-state index contributed by atoms with van der Waals surface area (Å²) in [4.78, 5) is 23.3. The maximum Gasteiger partial charge on any atom is 0.342 e. The molecule has 1 amide bonds. The van der Waals surface area contributed by atoms with Crippen LogP contribution in [0.2, 0.25) is 5.02 Å². The normalized spacial score (nSPS) is 10.1. The molecular formula is C15H13ClN2O3. The molecule has 2 aromatic carbocycles. The Morgan fingerprint density at radius 1 is 1.10 bits per heavy atom. The van der Waals surface area contributed by atoms with Crippen molar-refractivity contribution in [2.75, 3.05) is 5.73 Å². The second kappa shape index (κ2) is 6.28. The Balaban J connectivity index is 2.17. The molecule has 0 fully saturated rings. The van der Waals surface area contributed by atoms with Crippen molar-refractivity contribution in [2.24, 2.45) is 5.73 Å². The summed E-state index contributed by atoms with van der Waals surface area (Å²) in [5, 5.41) is 0.211. The van der Waals surface area contributed by atoms with Gasteiger partial charge in [0.05, 0.1) is 5.02 Å². The highest BCUT2D eigenvalue weighted by Gasteiger charge is 2.16. The number of amides is 1. The molecule has 21 heavy (non-hydrogen) atoms. The van der Waals surface area contributed by atoms with Gasteiger partial charge in [-0.05, 0) is 18.2 Å². The van der Waals surface area contributed by atoms with Crippen LogP contribution >= 0.6 is 11.6 Å². The zero-order valence-corrected chi connectivity index (χ0v) is 11.8. The Morgan fingerprint density at radius 2 is 1.81 bits per heavy atom. The molecule has 0 atom stereocenters. The first-order chi connectivity index (χ1) is 10.0. The minimum absolute atomic E-state index is 0.0946. The minimum atomic E-state index is -0.655. The topological polar surface area (TPSA) is 95.4 Å². The molecule has 0 aliphatic heterocycles. The molecule has 0 radical (unpaired) electrons. The predicted molar refractivity (Wildman–Crippen MR) is 79.9 cm³/mol. The van der Waals surface area contributed by atoms with Crippen LogP contribution in [0.15, 0.2) is 42.5 Å². The fraction of sp³-hybridized carbons (Fsp3) is 0.0667. The fourth-order valence-electron chi connectivity index (χ4n) is 1.86. The molecule has 0 unspecified atom stereocenters. The lowest BCUT2D eigenvalue weighted by molar-refractivity contribution is 0.0472. The summed E-state index contributed by atoms with van der Waals surface area (Å²) in [5.74, 6) is -1.24. The first-order valence-electron chi connectivity index (χ1n) is 6.09. The average molecular weight is 305 g/mol. The number of nitrogens with two attached hydrogens (primary N) is 2. The molecule has 2 aromatic rings. The van der Waals surface area contributed by atoms with Crippen LogP contribution in [0.1, 0.15) is 26.3 Å². The molecule has 108 valence electrons. The fourth-order valence-corrected chi connectivity index (χ4v) is 2.12. The van der Waals surface area contributed by atoms with Gasteiger partial charge in [-0.3, -0.25) is 4.79 Å². The first kappa shape index (κ1) is 14.9. The molecule has 5 nitrogen and oxygen atoms in total.